The summed E-state index contributed by atoms with van der Waals surface area (Å²) in [6.45, 7) is 7.07. The van der Waals surface area contributed by atoms with Crippen molar-refractivity contribution in [2.75, 3.05) is 33.4 Å². The topological polar surface area (TPSA) is 47.6 Å². The fourth-order valence-corrected chi connectivity index (χ4v) is 1.87. The average molecular weight is 229 g/mol. The summed E-state index contributed by atoms with van der Waals surface area (Å²) in [5, 5.41) is 3.33. The summed E-state index contributed by atoms with van der Waals surface area (Å²) >= 11 is 0. The summed E-state index contributed by atoms with van der Waals surface area (Å²) in [6.07, 6.45) is 2.31. The van der Waals surface area contributed by atoms with E-state index in [1.54, 1.807) is 0 Å². The van der Waals surface area contributed by atoms with Crippen LogP contribution in [-0.2, 0) is 14.3 Å². The molecule has 1 rings (SSSR count). The van der Waals surface area contributed by atoms with Gasteiger partial charge in [-0.2, -0.15) is 0 Å². The van der Waals surface area contributed by atoms with Gasteiger partial charge in [0.25, 0.3) is 0 Å². The van der Waals surface area contributed by atoms with Crippen molar-refractivity contribution in [2.45, 2.75) is 26.7 Å². The number of hydrogen-bond acceptors (Lipinski definition) is 4. The van der Waals surface area contributed by atoms with Crippen LogP contribution in [0.5, 0.6) is 0 Å². The Bertz CT molecular complexity index is 222. The predicted molar refractivity (Wildman–Crippen MR) is 62.2 cm³/mol. The van der Waals surface area contributed by atoms with Crippen LogP contribution in [0.1, 0.15) is 26.7 Å². The van der Waals surface area contributed by atoms with E-state index in [4.69, 9.17) is 9.47 Å². The third-order valence-corrected chi connectivity index (χ3v) is 3.03. The zero-order chi connectivity index (χ0) is 12.0. The van der Waals surface area contributed by atoms with E-state index >= 15 is 0 Å². The van der Waals surface area contributed by atoms with Crippen LogP contribution >= 0.6 is 0 Å². The van der Waals surface area contributed by atoms with E-state index in [2.05, 4.69) is 5.32 Å². The molecule has 4 heteroatoms. The molecule has 0 aromatic heterocycles. The summed E-state index contributed by atoms with van der Waals surface area (Å²) in [7, 11) is 1.41. The van der Waals surface area contributed by atoms with Crippen LogP contribution in [0.4, 0.5) is 0 Å². The third-order valence-electron chi connectivity index (χ3n) is 3.03. The molecular weight excluding hydrogens is 206 g/mol. The predicted octanol–water partition coefficient (Wildman–Crippen LogP) is 1.20. The molecule has 1 atom stereocenters. The van der Waals surface area contributed by atoms with Gasteiger partial charge in [0.15, 0.2) is 0 Å². The maximum atomic E-state index is 11.4. The molecule has 0 spiro atoms. The average Bonchev–Trinajstić information content (AvgIpc) is 2.76. The van der Waals surface area contributed by atoms with Crippen LogP contribution in [-0.4, -0.2) is 39.4 Å². The van der Waals surface area contributed by atoms with Crippen LogP contribution in [0.15, 0.2) is 0 Å². The summed E-state index contributed by atoms with van der Waals surface area (Å²) in [5.41, 5.74) is -0.539. The van der Waals surface area contributed by atoms with Crippen molar-refractivity contribution < 1.29 is 14.3 Å². The molecule has 94 valence electrons. The second-order valence-corrected chi connectivity index (χ2v) is 5.08. The van der Waals surface area contributed by atoms with Crippen molar-refractivity contribution in [1.29, 1.82) is 0 Å². The van der Waals surface area contributed by atoms with E-state index < -0.39 is 5.41 Å². The molecule has 0 aromatic rings. The number of nitrogens with one attached hydrogen (secondary N) is 1. The standard InChI is InChI=1S/C12H23NO3/c1-12(2,11(14)15-3)9-16-7-5-10-4-6-13-8-10/h10,13H,4-9H2,1-3H3. The highest BCUT2D eigenvalue weighted by atomic mass is 16.5. The second kappa shape index (κ2) is 6.21. The van der Waals surface area contributed by atoms with Gasteiger partial charge >= 0.3 is 5.97 Å². The van der Waals surface area contributed by atoms with E-state index in [9.17, 15) is 4.79 Å². The fourth-order valence-electron chi connectivity index (χ4n) is 1.87. The smallest absolute Gasteiger partial charge is 0.313 e. The lowest BCUT2D eigenvalue weighted by atomic mass is 9.95. The Morgan fingerprint density at radius 3 is 2.81 bits per heavy atom. The number of carbonyl (C=O) groups is 1. The monoisotopic (exact) mass is 229 g/mol. The first-order valence-electron chi connectivity index (χ1n) is 5.93. The van der Waals surface area contributed by atoms with Crippen LogP contribution in [0.25, 0.3) is 0 Å². The molecule has 1 saturated heterocycles. The van der Waals surface area contributed by atoms with Gasteiger partial charge in [-0.1, -0.05) is 0 Å². The quantitative estimate of drug-likeness (QED) is 0.549. The minimum atomic E-state index is -0.539. The number of methoxy groups -OCH3 is 1. The maximum Gasteiger partial charge on any atom is 0.313 e. The summed E-state index contributed by atoms with van der Waals surface area (Å²) in [4.78, 5) is 11.4. The molecule has 0 aromatic carbocycles. The Morgan fingerprint density at radius 2 is 2.25 bits per heavy atom. The summed E-state index contributed by atoms with van der Waals surface area (Å²) in [6, 6.07) is 0. The van der Waals surface area contributed by atoms with Crippen LogP contribution in [0.2, 0.25) is 0 Å². The van der Waals surface area contributed by atoms with Crippen LogP contribution in [0, 0.1) is 11.3 Å². The number of esters is 1. The van der Waals surface area contributed by atoms with Crippen molar-refractivity contribution in [1.82, 2.24) is 5.32 Å². The van der Waals surface area contributed by atoms with Gasteiger partial charge in [0.05, 0.1) is 19.1 Å². The first kappa shape index (κ1) is 13.5. The van der Waals surface area contributed by atoms with Crippen molar-refractivity contribution in [3.05, 3.63) is 0 Å². The first-order chi connectivity index (χ1) is 7.56. The molecule has 4 nitrogen and oxygen atoms in total. The molecule has 0 amide bonds. The SMILES string of the molecule is COC(=O)C(C)(C)COCCC1CCNC1. The van der Waals surface area contributed by atoms with E-state index in [-0.39, 0.29) is 5.97 Å². The fraction of sp³-hybridized carbons (Fsp3) is 0.917. The second-order valence-electron chi connectivity index (χ2n) is 5.08. The summed E-state index contributed by atoms with van der Waals surface area (Å²) < 4.78 is 10.3. The Kier molecular flexibility index (Phi) is 5.22. The number of carbonyl (C=O) groups excluding carboxylic acids is 1. The molecule has 1 unspecified atom stereocenters. The first-order valence-corrected chi connectivity index (χ1v) is 5.93. The maximum absolute atomic E-state index is 11.4. The number of ether oxygens (including phenoxy) is 2. The van der Waals surface area contributed by atoms with Crippen molar-refractivity contribution in [3.8, 4) is 0 Å². The van der Waals surface area contributed by atoms with Gasteiger partial charge in [-0.15, -0.1) is 0 Å². The van der Waals surface area contributed by atoms with Crippen molar-refractivity contribution >= 4 is 5.97 Å². The highest BCUT2D eigenvalue weighted by molar-refractivity contribution is 5.75. The van der Waals surface area contributed by atoms with Gasteiger partial charge in [-0.05, 0) is 45.7 Å². The van der Waals surface area contributed by atoms with E-state index in [1.807, 2.05) is 13.8 Å². The van der Waals surface area contributed by atoms with Gasteiger partial charge in [0, 0.05) is 6.61 Å². The number of hydrogen-bond donors (Lipinski definition) is 1. The van der Waals surface area contributed by atoms with Crippen LogP contribution < -0.4 is 5.32 Å². The molecular formula is C12H23NO3. The lowest BCUT2D eigenvalue weighted by Crippen LogP contribution is -2.31. The third kappa shape index (κ3) is 4.10. The van der Waals surface area contributed by atoms with Gasteiger partial charge in [-0.25, -0.2) is 0 Å². The molecule has 0 radical (unpaired) electrons. The zero-order valence-corrected chi connectivity index (χ0v) is 10.5. The van der Waals surface area contributed by atoms with Crippen LogP contribution in [0.3, 0.4) is 0 Å². The minimum absolute atomic E-state index is 0.213. The molecule has 1 N–H and O–H groups in total. The molecule has 1 fully saturated rings. The normalized spacial score (nSPS) is 21.1. The van der Waals surface area contributed by atoms with Gasteiger partial charge in [0.1, 0.15) is 0 Å². The molecule has 0 aliphatic carbocycles. The van der Waals surface area contributed by atoms with Gasteiger partial charge in [-0.3, -0.25) is 4.79 Å². The minimum Gasteiger partial charge on any atom is -0.469 e. The highest BCUT2D eigenvalue weighted by Crippen LogP contribution is 2.18. The number of rotatable bonds is 6. The molecule has 1 aliphatic heterocycles. The molecule has 0 bridgehead atoms. The molecule has 1 aliphatic rings. The summed E-state index contributed by atoms with van der Waals surface area (Å²) in [5.74, 6) is 0.524. The van der Waals surface area contributed by atoms with E-state index in [0.717, 1.165) is 32.0 Å². The van der Waals surface area contributed by atoms with Crippen molar-refractivity contribution in [3.63, 3.8) is 0 Å². The Labute approximate surface area is 97.7 Å². The van der Waals surface area contributed by atoms with Gasteiger partial charge < -0.3 is 14.8 Å². The van der Waals surface area contributed by atoms with Gasteiger partial charge in [0.2, 0.25) is 0 Å². The van der Waals surface area contributed by atoms with Crippen molar-refractivity contribution in [2.24, 2.45) is 11.3 Å². The Morgan fingerprint density at radius 1 is 1.50 bits per heavy atom. The lowest BCUT2D eigenvalue weighted by molar-refractivity contribution is -0.154. The lowest BCUT2D eigenvalue weighted by Gasteiger charge is -2.21. The zero-order valence-electron chi connectivity index (χ0n) is 10.5. The molecule has 16 heavy (non-hydrogen) atoms. The largest absolute Gasteiger partial charge is 0.469 e. The molecule has 1 heterocycles. The highest BCUT2D eigenvalue weighted by Gasteiger charge is 2.29. The Balaban J connectivity index is 2.11. The van der Waals surface area contributed by atoms with E-state index in [1.165, 1.54) is 13.5 Å². The van der Waals surface area contributed by atoms with E-state index in [0.29, 0.717) is 6.61 Å². The Hall–Kier alpha value is -0.610. The molecule has 0 saturated carbocycles.